The molecule has 5 rings (SSSR count). The summed E-state index contributed by atoms with van der Waals surface area (Å²) in [5.74, 6) is -1.33. The molecule has 0 amide bonds. The number of carbonyl (C=O) groups excluding carboxylic acids is 3. The first-order chi connectivity index (χ1) is 23.3. The van der Waals surface area contributed by atoms with Gasteiger partial charge < -0.3 is 30.2 Å². The van der Waals surface area contributed by atoms with E-state index in [0.29, 0.717) is 50.5 Å². The lowest BCUT2D eigenvalue weighted by atomic mass is 9.80. The van der Waals surface area contributed by atoms with Crippen LogP contribution in [-0.2, 0) is 19.0 Å². The minimum Gasteiger partial charge on any atom is -0.459 e. The number of carbonyl (C=O) groups is 3. The average molecular weight is 708 g/mol. The average Bonchev–Trinajstić information content (AvgIpc) is 2.91. The monoisotopic (exact) mass is 707 g/mol. The van der Waals surface area contributed by atoms with Crippen molar-refractivity contribution in [3.63, 3.8) is 0 Å². The third kappa shape index (κ3) is 10.2. The highest BCUT2D eigenvalue weighted by Crippen LogP contribution is 2.39. The van der Waals surface area contributed by atoms with Crippen LogP contribution in [0.25, 0.3) is 0 Å². The third-order valence-corrected chi connectivity index (χ3v) is 10.9. The van der Waals surface area contributed by atoms with E-state index in [-0.39, 0.29) is 74.6 Å². The molecule has 1 unspecified atom stereocenters. The maximum Gasteiger partial charge on any atom is 0.339 e. The molecular formula is C42H65N3O6. The molecule has 1 atom stereocenters. The summed E-state index contributed by atoms with van der Waals surface area (Å²) in [5.41, 5.74) is 0.844. The van der Waals surface area contributed by atoms with Gasteiger partial charge in [0.25, 0.3) is 0 Å². The van der Waals surface area contributed by atoms with Gasteiger partial charge in [-0.05, 0) is 120 Å². The summed E-state index contributed by atoms with van der Waals surface area (Å²) in [6, 6.07) is 5.46. The summed E-state index contributed by atoms with van der Waals surface area (Å²) < 4.78 is 18.6. The smallest absolute Gasteiger partial charge is 0.339 e. The van der Waals surface area contributed by atoms with Gasteiger partial charge in [-0.3, -0.25) is 0 Å². The fourth-order valence-electron chi connectivity index (χ4n) is 10.2. The highest BCUT2D eigenvalue weighted by atomic mass is 16.6. The van der Waals surface area contributed by atoms with Crippen molar-refractivity contribution in [2.45, 2.75) is 198 Å². The molecule has 1 aromatic carbocycles. The second kappa shape index (κ2) is 13.9. The zero-order valence-corrected chi connectivity index (χ0v) is 33.4. The van der Waals surface area contributed by atoms with Gasteiger partial charge in [-0.2, -0.15) is 0 Å². The standard InChI is InChI=1S/C42H65N3O6/c1-37(2)20-28(21-38(3,4)43-37)49-34(46)27-18-16-26(17-19-27)31-14-13-15-32(35(47)50-29-22-39(5,6)44-40(7,8)23-29)33(31)36(48)51-30-24-41(9,10)45-42(11,12)25-30/h13-15,18,26,28-30,43-45H,16-17,19-25H2,1-12H3. The summed E-state index contributed by atoms with van der Waals surface area (Å²) in [5, 5.41) is 10.9. The molecule has 0 aromatic heterocycles. The molecule has 1 aromatic rings. The van der Waals surface area contributed by atoms with Crippen molar-refractivity contribution >= 4 is 17.9 Å². The number of benzene rings is 1. The second-order valence-corrected chi connectivity index (χ2v) is 20.0. The predicted molar refractivity (Wildman–Crippen MR) is 201 cm³/mol. The number of esters is 3. The summed E-state index contributed by atoms with van der Waals surface area (Å²) in [7, 11) is 0. The highest BCUT2D eigenvalue weighted by molar-refractivity contribution is 6.04. The molecule has 51 heavy (non-hydrogen) atoms. The molecule has 0 saturated carbocycles. The first-order valence-corrected chi connectivity index (χ1v) is 19.2. The first kappa shape index (κ1) is 39.5. The van der Waals surface area contributed by atoms with Gasteiger partial charge in [-0.15, -0.1) is 0 Å². The molecule has 4 aliphatic rings. The Hall–Kier alpha value is -2.75. The maximum absolute atomic E-state index is 14.4. The van der Waals surface area contributed by atoms with Crippen LogP contribution in [0.15, 0.2) is 29.8 Å². The molecule has 3 heterocycles. The van der Waals surface area contributed by atoms with Gasteiger partial charge in [0.05, 0.1) is 11.1 Å². The predicted octanol–water partition coefficient (Wildman–Crippen LogP) is 7.66. The number of hydrogen-bond donors (Lipinski definition) is 3. The van der Waals surface area contributed by atoms with Crippen LogP contribution >= 0.6 is 0 Å². The van der Waals surface area contributed by atoms with Crippen LogP contribution in [0.5, 0.6) is 0 Å². The number of ether oxygens (including phenoxy) is 3. The summed E-state index contributed by atoms with van der Waals surface area (Å²) >= 11 is 0. The van der Waals surface area contributed by atoms with Gasteiger partial charge in [0, 0.05) is 77.3 Å². The van der Waals surface area contributed by atoms with E-state index >= 15 is 0 Å². The Bertz CT molecular complexity index is 1490. The van der Waals surface area contributed by atoms with Crippen LogP contribution in [0.1, 0.15) is 173 Å². The summed E-state index contributed by atoms with van der Waals surface area (Å²) in [6.07, 6.45) is 7.07. The van der Waals surface area contributed by atoms with Crippen LogP contribution < -0.4 is 16.0 Å². The van der Waals surface area contributed by atoms with Crippen molar-refractivity contribution in [2.24, 2.45) is 0 Å². The van der Waals surface area contributed by atoms with E-state index in [0.717, 1.165) is 18.4 Å². The topological polar surface area (TPSA) is 115 Å². The molecule has 0 spiro atoms. The first-order valence-electron chi connectivity index (χ1n) is 19.2. The Kier molecular flexibility index (Phi) is 10.8. The van der Waals surface area contributed by atoms with Crippen LogP contribution in [0.4, 0.5) is 0 Å². The Morgan fingerprint density at radius 1 is 0.569 bits per heavy atom. The summed E-state index contributed by atoms with van der Waals surface area (Å²) in [4.78, 5) is 41.8. The maximum atomic E-state index is 14.4. The molecule has 9 nitrogen and oxygen atoms in total. The van der Waals surface area contributed by atoms with Gasteiger partial charge in [-0.25, -0.2) is 14.4 Å². The van der Waals surface area contributed by atoms with E-state index in [1.165, 1.54) is 0 Å². The number of nitrogens with one attached hydrogen (secondary N) is 3. The zero-order valence-electron chi connectivity index (χ0n) is 33.4. The summed E-state index contributed by atoms with van der Waals surface area (Å²) in [6.45, 7) is 25.6. The Balaban J connectivity index is 1.40. The Morgan fingerprint density at radius 3 is 1.35 bits per heavy atom. The number of piperidine rings is 3. The van der Waals surface area contributed by atoms with E-state index in [9.17, 15) is 14.4 Å². The quantitative estimate of drug-likeness (QED) is 0.194. The minimum absolute atomic E-state index is 0.0775. The highest BCUT2D eigenvalue weighted by Gasteiger charge is 2.43. The lowest BCUT2D eigenvalue weighted by Crippen LogP contribution is -2.60. The largest absolute Gasteiger partial charge is 0.459 e. The fraction of sp³-hybridized carbons (Fsp3) is 0.738. The van der Waals surface area contributed by atoms with Crippen molar-refractivity contribution in [3.8, 4) is 0 Å². The van der Waals surface area contributed by atoms with E-state index < -0.39 is 11.9 Å². The molecule has 3 fully saturated rings. The number of rotatable bonds is 7. The molecule has 0 bridgehead atoms. The van der Waals surface area contributed by atoms with Gasteiger partial charge in [0.2, 0.25) is 0 Å². The lowest BCUT2D eigenvalue weighted by Gasteiger charge is -2.46. The van der Waals surface area contributed by atoms with Crippen LogP contribution in [0.2, 0.25) is 0 Å². The molecular weight excluding hydrogens is 642 g/mol. The van der Waals surface area contributed by atoms with Crippen molar-refractivity contribution in [1.82, 2.24) is 16.0 Å². The Labute approximate surface area is 306 Å². The lowest BCUT2D eigenvalue weighted by molar-refractivity contribution is -0.148. The normalized spacial score (nSPS) is 27.1. The molecule has 0 radical (unpaired) electrons. The molecule has 3 N–H and O–H groups in total. The number of hydrogen-bond acceptors (Lipinski definition) is 9. The van der Waals surface area contributed by atoms with Crippen molar-refractivity contribution < 1.29 is 28.6 Å². The number of allylic oxidation sites excluding steroid dienone is 1. The zero-order chi connectivity index (χ0) is 37.8. The van der Waals surface area contributed by atoms with Crippen LogP contribution in [0.3, 0.4) is 0 Å². The molecule has 9 heteroatoms. The molecule has 284 valence electrons. The Morgan fingerprint density at radius 2 is 0.961 bits per heavy atom. The van der Waals surface area contributed by atoms with Gasteiger partial charge in [0.15, 0.2) is 0 Å². The van der Waals surface area contributed by atoms with E-state index in [4.69, 9.17) is 14.2 Å². The van der Waals surface area contributed by atoms with Crippen molar-refractivity contribution in [2.75, 3.05) is 0 Å². The second-order valence-electron chi connectivity index (χ2n) is 20.0. The molecule has 3 saturated heterocycles. The van der Waals surface area contributed by atoms with Crippen LogP contribution in [0, 0.1) is 0 Å². The fourth-order valence-corrected chi connectivity index (χ4v) is 10.2. The van der Waals surface area contributed by atoms with Gasteiger partial charge in [0.1, 0.15) is 18.3 Å². The van der Waals surface area contributed by atoms with E-state index in [1.54, 1.807) is 6.07 Å². The SMILES string of the molecule is CC1(C)CC(OC(=O)C2=CCC(c3cccc(C(=O)OC4CC(C)(C)NC(C)(C)C4)c3C(=O)OC3CC(C)(C)NC(C)(C)C3)CC2)CC(C)(C)N1. The van der Waals surface area contributed by atoms with Crippen LogP contribution in [-0.4, -0.2) is 69.5 Å². The van der Waals surface area contributed by atoms with Gasteiger partial charge >= 0.3 is 17.9 Å². The molecule has 3 aliphatic heterocycles. The van der Waals surface area contributed by atoms with Crippen molar-refractivity contribution in [1.29, 1.82) is 0 Å². The third-order valence-electron chi connectivity index (χ3n) is 10.9. The van der Waals surface area contributed by atoms with E-state index in [1.807, 2.05) is 18.2 Å². The molecule has 1 aliphatic carbocycles. The van der Waals surface area contributed by atoms with E-state index in [2.05, 4.69) is 99.0 Å². The van der Waals surface area contributed by atoms with Gasteiger partial charge in [-0.1, -0.05) is 18.2 Å². The van der Waals surface area contributed by atoms with Crippen molar-refractivity contribution in [3.05, 3.63) is 46.5 Å². The minimum atomic E-state index is -0.503.